The highest BCUT2D eigenvalue weighted by molar-refractivity contribution is 7.92. The number of carbonyl (C=O) groups excluding carboxylic acids is 2. The standard InChI is InChI=1S/C23H29N3O5S/c1-5-26(18-9-7-6-8-10-18)32(29,30)19-11-12-21(31-4)20(14-19)24-23(28)17-13-22(27)25(15-17)16(2)3/h6-12,14,16-17H,5,13,15H2,1-4H3,(H,24,28). The molecule has 0 bridgehead atoms. The maximum Gasteiger partial charge on any atom is 0.264 e. The van der Waals surface area contributed by atoms with E-state index in [1.807, 2.05) is 19.9 Å². The minimum atomic E-state index is -3.87. The summed E-state index contributed by atoms with van der Waals surface area (Å²) < 4.78 is 33.3. The second kappa shape index (κ2) is 9.60. The maximum atomic E-state index is 13.3. The van der Waals surface area contributed by atoms with Crippen LogP contribution in [0.3, 0.4) is 0 Å². The first-order valence-electron chi connectivity index (χ1n) is 10.5. The summed E-state index contributed by atoms with van der Waals surface area (Å²) in [4.78, 5) is 26.7. The largest absolute Gasteiger partial charge is 0.495 e. The lowest BCUT2D eigenvalue weighted by Crippen LogP contribution is -2.33. The van der Waals surface area contributed by atoms with Crippen molar-refractivity contribution in [3.05, 3.63) is 48.5 Å². The molecular weight excluding hydrogens is 430 g/mol. The average molecular weight is 460 g/mol. The van der Waals surface area contributed by atoms with E-state index in [1.165, 1.54) is 29.6 Å². The molecule has 0 aliphatic carbocycles. The zero-order valence-corrected chi connectivity index (χ0v) is 19.6. The van der Waals surface area contributed by atoms with Gasteiger partial charge in [-0.2, -0.15) is 0 Å². The Morgan fingerprint density at radius 1 is 1.22 bits per heavy atom. The number of hydrogen-bond donors (Lipinski definition) is 1. The molecule has 1 heterocycles. The summed E-state index contributed by atoms with van der Waals surface area (Å²) in [6.07, 6.45) is 0.127. The molecule has 0 aromatic heterocycles. The third-order valence-corrected chi connectivity index (χ3v) is 7.40. The highest BCUT2D eigenvalue weighted by Gasteiger charge is 2.36. The van der Waals surface area contributed by atoms with E-state index in [0.29, 0.717) is 18.0 Å². The van der Waals surface area contributed by atoms with E-state index < -0.39 is 15.9 Å². The first-order chi connectivity index (χ1) is 15.2. The Morgan fingerprint density at radius 3 is 2.47 bits per heavy atom. The third-order valence-electron chi connectivity index (χ3n) is 5.50. The molecule has 32 heavy (non-hydrogen) atoms. The summed E-state index contributed by atoms with van der Waals surface area (Å²) in [7, 11) is -2.43. The van der Waals surface area contributed by atoms with Crippen LogP contribution in [0, 0.1) is 5.92 Å². The van der Waals surface area contributed by atoms with Crippen molar-refractivity contribution in [2.75, 3.05) is 29.8 Å². The first-order valence-corrected chi connectivity index (χ1v) is 12.0. The number of sulfonamides is 1. The van der Waals surface area contributed by atoms with Crippen LogP contribution in [0.4, 0.5) is 11.4 Å². The van der Waals surface area contributed by atoms with Crippen molar-refractivity contribution in [3.63, 3.8) is 0 Å². The van der Waals surface area contributed by atoms with Crippen molar-refractivity contribution in [1.82, 2.24) is 4.90 Å². The smallest absolute Gasteiger partial charge is 0.264 e. The van der Waals surface area contributed by atoms with Gasteiger partial charge in [-0.1, -0.05) is 18.2 Å². The fourth-order valence-electron chi connectivity index (χ4n) is 3.80. The Balaban J connectivity index is 1.89. The number of rotatable bonds is 8. The summed E-state index contributed by atoms with van der Waals surface area (Å²) in [5.41, 5.74) is 0.799. The molecule has 2 aromatic carbocycles. The Labute approximate surface area is 189 Å². The molecule has 172 valence electrons. The topological polar surface area (TPSA) is 96.0 Å². The SMILES string of the molecule is CCN(c1ccccc1)S(=O)(=O)c1ccc(OC)c(NC(=O)C2CC(=O)N(C(C)C)C2)c1. The number of para-hydroxylation sites is 1. The number of likely N-dealkylation sites (tertiary alicyclic amines) is 1. The number of amides is 2. The zero-order chi connectivity index (χ0) is 23.5. The van der Waals surface area contributed by atoms with Crippen LogP contribution in [-0.2, 0) is 19.6 Å². The van der Waals surface area contributed by atoms with Gasteiger partial charge in [-0.3, -0.25) is 13.9 Å². The quantitative estimate of drug-likeness (QED) is 0.654. The summed E-state index contributed by atoms with van der Waals surface area (Å²) in [5.74, 6) is -0.578. The van der Waals surface area contributed by atoms with Crippen LogP contribution < -0.4 is 14.4 Å². The molecule has 1 aliphatic rings. The lowest BCUT2D eigenvalue weighted by molar-refractivity contribution is -0.129. The van der Waals surface area contributed by atoms with E-state index in [2.05, 4.69) is 5.32 Å². The van der Waals surface area contributed by atoms with Gasteiger partial charge >= 0.3 is 0 Å². The van der Waals surface area contributed by atoms with Crippen molar-refractivity contribution in [2.24, 2.45) is 5.92 Å². The number of nitrogens with one attached hydrogen (secondary N) is 1. The van der Waals surface area contributed by atoms with Gasteiger partial charge in [0.05, 0.1) is 29.3 Å². The number of methoxy groups -OCH3 is 1. The Hall–Kier alpha value is -3.07. The minimum Gasteiger partial charge on any atom is -0.495 e. The van der Waals surface area contributed by atoms with E-state index >= 15 is 0 Å². The Morgan fingerprint density at radius 2 is 1.91 bits per heavy atom. The molecule has 1 fully saturated rings. The first kappa shape index (κ1) is 23.6. The molecule has 1 aliphatic heterocycles. The van der Waals surface area contributed by atoms with Crippen molar-refractivity contribution >= 4 is 33.2 Å². The summed E-state index contributed by atoms with van der Waals surface area (Å²) >= 11 is 0. The van der Waals surface area contributed by atoms with E-state index in [9.17, 15) is 18.0 Å². The molecule has 2 amide bonds. The van der Waals surface area contributed by atoms with Gasteiger partial charge in [0.25, 0.3) is 10.0 Å². The number of nitrogens with zero attached hydrogens (tertiary/aromatic N) is 2. The van der Waals surface area contributed by atoms with E-state index in [4.69, 9.17) is 4.74 Å². The van der Waals surface area contributed by atoms with Crippen LogP contribution in [-0.4, -0.2) is 51.4 Å². The third kappa shape index (κ3) is 4.72. The second-order valence-electron chi connectivity index (χ2n) is 7.90. The van der Waals surface area contributed by atoms with Crippen LogP contribution in [0.5, 0.6) is 5.75 Å². The molecule has 0 radical (unpaired) electrons. The molecule has 3 rings (SSSR count). The van der Waals surface area contributed by atoms with E-state index in [0.717, 1.165) is 0 Å². The number of anilines is 2. The molecule has 9 heteroatoms. The van der Waals surface area contributed by atoms with Gasteiger partial charge in [-0.15, -0.1) is 0 Å². The molecule has 2 aromatic rings. The molecule has 1 N–H and O–H groups in total. The molecule has 8 nitrogen and oxygen atoms in total. The molecule has 0 saturated carbocycles. The molecule has 1 atom stereocenters. The number of carbonyl (C=O) groups is 2. The molecule has 1 saturated heterocycles. The van der Waals surface area contributed by atoms with Gasteiger partial charge in [0.2, 0.25) is 11.8 Å². The van der Waals surface area contributed by atoms with Crippen LogP contribution in [0.25, 0.3) is 0 Å². The predicted molar refractivity (Wildman–Crippen MR) is 123 cm³/mol. The normalized spacial score (nSPS) is 16.3. The summed E-state index contributed by atoms with van der Waals surface area (Å²) in [5, 5.41) is 2.77. The zero-order valence-electron chi connectivity index (χ0n) is 18.7. The highest BCUT2D eigenvalue weighted by Crippen LogP contribution is 2.32. The van der Waals surface area contributed by atoms with Gasteiger partial charge in [0.1, 0.15) is 5.75 Å². The number of hydrogen-bond acceptors (Lipinski definition) is 5. The summed E-state index contributed by atoms with van der Waals surface area (Å²) in [6.45, 7) is 6.15. The van der Waals surface area contributed by atoms with Gasteiger partial charge in [0, 0.05) is 25.6 Å². The highest BCUT2D eigenvalue weighted by atomic mass is 32.2. The van der Waals surface area contributed by atoms with Gasteiger partial charge in [-0.25, -0.2) is 8.42 Å². The molecule has 1 unspecified atom stereocenters. The van der Waals surface area contributed by atoms with E-state index in [1.54, 1.807) is 36.1 Å². The monoisotopic (exact) mass is 459 g/mol. The molecular formula is C23H29N3O5S. The lowest BCUT2D eigenvalue weighted by atomic mass is 10.1. The fourth-order valence-corrected chi connectivity index (χ4v) is 5.30. The van der Waals surface area contributed by atoms with Crippen LogP contribution in [0.2, 0.25) is 0 Å². The summed E-state index contributed by atoms with van der Waals surface area (Å²) in [6, 6.07) is 13.2. The number of benzene rings is 2. The van der Waals surface area contributed by atoms with E-state index in [-0.39, 0.29) is 41.4 Å². The minimum absolute atomic E-state index is 0.0151. The predicted octanol–water partition coefficient (Wildman–Crippen LogP) is 3.11. The van der Waals surface area contributed by atoms with Crippen LogP contribution >= 0.6 is 0 Å². The van der Waals surface area contributed by atoms with Crippen molar-refractivity contribution < 1.29 is 22.7 Å². The maximum absolute atomic E-state index is 13.3. The van der Waals surface area contributed by atoms with Crippen LogP contribution in [0.1, 0.15) is 27.2 Å². The second-order valence-corrected chi connectivity index (χ2v) is 9.76. The van der Waals surface area contributed by atoms with Gasteiger partial charge in [-0.05, 0) is 51.1 Å². The van der Waals surface area contributed by atoms with Crippen molar-refractivity contribution in [1.29, 1.82) is 0 Å². The Bertz CT molecular complexity index is 1090. The fraction of sp³-hybridized carbons (Fsp3) is 0.391. The van der Waals surface area contributed by atoms with Gasteiger partial charge in [0.15, 0.2) is 0 Å². The van der Waals surface area contributed by atoms with Crippen molar-refractivity contribution in [3.8, 4) is 5.75 Å². The Kier molecular flexibility index (Phi) is 7.08. The molecule has 0 spiro atoms. The van der Waals surface area contributed by atoms with Crippen LogP contribution in [0.15, 0.2) is 53.4 Å². The number of ether oxygens (including phenoxy) is 1. The average Bonchev–Trinajstić information content (AvgIpc) is 3.17. The lowest BCUT2D eigenvalue weighted by Gasteiger charge is -2.23. The van der Waals surface area contributed by atoms with Gasteiger partial charge < -0.3 is 15.0 Å². The van der Waals surface area contributed by atoms with Crippen molar-refractivity contribution in [2.45, 2.75) is 38.1 Å².